The Morgan fingerprint density at radius 3 is 2.05 bits per heavy atom. The first-order valence-electron chi connectivity index (χ1n) is 6.69. The van der Waals surface area contributed by atoms with E-state index in [1.54, 1.807) is 0 Å². The molecule has 0 spiro atoms. The van der Waals surface area contributed by atoms with Crippen molar-refractivity contribution >= 4 is 16.8 Å². The molecule has 0 aliphatic heterocycles. The Bertz CT molecular complexity index is 851. The zero-order chi connectivity index (χ0) is 15.5. The molecule has 1 heterocycles. The van der Waals surface area contributed by atoms with Gasteiger partial charge in [-0.3, -0.25) is 9.36 Å². The highest BCUT2D eigenvalue weighted by Gasteiger charge is 2.20. The second kappa shape index (κ2) is 6.03. The van der Waals surface area contributed by atoms with Crippen LogP contribution in [0.3, 0.4) is 0 Å². The van der Waals surface area contributed by atoms with E-state index in [1.807, 2.05) is 60.7 Å². The first-order chi connectivity index (χ1) is 10.7. The Morgan fingerprint density at radius 2 is 1.50 bits per heavy atom. The Balaban J connectivity index is 2.27. The highest BCUT2D eigenvalue weighted by molar-refractivity contribution is 6.63. The number of oxazole rings is 1. The van der Waals surface area contributed by atoms with E-state index in [9.17, 15) is 9.59 Å². The Hall–Kier alpha value is -2.59. The lowest BCUT2D eigenvalue weighted by Crippen LogP contribution is -2.18. The van der Waals surface area contributed by atoms with E-state index in [2.05, 4.69) is 0 Å². The summed E-state index contributed by atoms with van der Waals surface area (Å²) in [6, 6.07) is 18.6. The van der Waals surface area contributed by atoms with Gasteiger partial charge in [0.05, 0.1) is 5.69 Å². The predicted molar refractivity (Wildman–Crippen MR) is 84.7 cm³/mol. The van der Waals surface area contributed by atoms with Gasteiger partial charge < -0.3 is 4.42 Å². The molecule has 0 saturated heterocycles. The quantitative estimate of drug-likeness (QED) is 0.692. The molecule has 5 heteroatoms. The Kier molecular flexibility index (Phi) is 3.94. The molecule has 3 aromatic rings. The first kappa shape index (κ1) is 14.4. The molecule has 0 bridgehead atoms. The molecule has 0 fully saturated rings. The largest absolute Gasteiger partial charge is 0.420 e. The van der Waals surface area contributed by atoms with Crippen LogP contribution in [0.1, 0.15) is 0 Å². The molecule has 3 rings (SSSR count). The average Bonchev–Trinajstić information content (AvgIpc) is 2.85. The monoisotopic (exact) mass is 313 g/mol. The van der Waals surface area contributed by atoms with Crippen LogP contribution in [0.5, 0.6) is 0 Å². The van der Waals surface area contributed by atoms with Crippen molar-refractivity contribution in [1.29, 1.82) is 0 Å². The van der Waals surface area contributed by atoms with Gasteiger partial charge in [-0.1, -0.05) is 60.7 Å². The number of carbonyl (C=O) groups excluding carboxylic acids is 1. The summed E-state index contributed by atoms with van der Waals surface area (Å²) >= 11 is 5.46. The van der Waals surface area contributed by atoms with Gasteiger partial charge in [-0.2, -0.15) is 0 Å². The van der Waals surface area contributed by atoms with Crippen LogP contribution >= 0.6 is 11.6 Å². The smallest absolute Gasteiger partial charge is 0.407 e. The van der Waals surface area contributed by atoms with Gasteiger partial charge in [-0.15, -0.1) is 0 Å². The van der Waals surface area contributed by atoms with Gasteiger partial charge in [-0.05, 0) is 11.6 Å². The van der Waals surface area contributed by atoms with Gasteiger partial charge in [0.25, 0.3) is 0 Å². The minimum absolute atomic E-state index is 0.235. The molecule has 0 radical (unpaired) electrons. The summed E-state index contributed by atoms with van der Waals surface area (Å²) in [5, 5.41) is -0.625. The molecular formula is C17H12ClNO3. The SMILES string of the molecule is O=C(Cl)Cn1c(-c2ccccc2)c(-c2ccccc2)oc1=O. The molecule has 0 atom stereocenters. The third-order valence-electron chi connectivity index (χ3n) is 3.26. The predicted octanol–water partition coefficient (Wildman–Crippen LogP) is 3.54. The van der Waals surface area contributed by atoms with E-state index in [0.29, 0.717) is 11.5 Å². The molecule has 1 aromatic heterocycles. The molecule has 0 unspecified atom stereocenters. The summed E-state index contributed by atoms with van der Waals surface area (Å²) in [4.78, 5) is 23.4. The van der Waals surface area contributed by atoms with Crippen LogP contribution < -0.4 is 5.76 Å². The van der Waals surface area contributed by atoms with Crippen LogP contribution in [0.25, 0.3) is 22.6 Å². The minimum atomic E-state index is -0.625. The van der Waals surface area contributed by atoms with Crippen molar-refractivity contribution in [1.82, 2.24) is 4.57 Å². The maximum atomic E-state index is 12.1. The topological polar surface area (TPSA) is 52.2 Å². The van der Waals surface area contributed by atoms with E-state index >= 15 is 0 Å². The molecule has 110 valence electrons. The molecule has 4 nitrogen and oxygen atoms in total. The number of halogens is 1. The van der Waals surface area contributed by atoms with E-state index in [0.717, 1.165) is 11.1 Å². The summed E-state index contributed by atoms with van der Waals surface area (Å²) in [6.07, 6.45) is 0. The van der Waals surface area contributed by atoms with Crippen molar-refractivity contribution in [2.24, 2.45) is 0 Å². The third-order valence-corrected chi connectivity index (χ3v) is 3.38. The third kappa shape index (κ3) is 2.73. The standard InChI is InChI=1S/C17H12ClNO3/c18-14(20)11-19-15(12-7-3-1-4-8-12)16(22-17(19)21)13-9-5-2-6-10-13/h1-10H,11H2. The van der Waals surface area contributed by atoms with E-state index in [4.69, 9.17) is 16.0 Å². The van der Waals surface area contributed by atoms with Crippen LogP contribution in [0.2, 0.25) is 0 Å². The average molecular weight is 314 g/mol. The first-order valence-corrected chi connectivity index (χ1v) is 7.07. The lowest BCUT2D eigenvalue weighted by molar-refractivity contribution is -0.112. The summed E-state index contributed by atoms with van der Waals surface area (Å²) in [5.74, 6) is -0.179. The maximum absolute atomic E-state index is 12.1. The second-order valence-electron chi connectivity index (χ2n) is 4.72. The summed E-state index contributed by atoms with van der Waals surface area (Å²) in [6.45, 7) is -0.235. The maximum Gasteiger partial charge on any atom is 0.420 e. The van der Waals surface area contributed by atoms with Crippen molar-refractivity contribution in [3.05, 3.63) is 71.2 Å². The molecule has 0 saturated carbocycles. The Labute approximate surface area is 131 Å². The second-order valence-corrected chi connectivity index (χ2v) is 5.14. The summed E-state index contributed by atoms with van der Waals surface area (Å²) < 4.78 is 6.64. The molecular weight excluding hydrogens is 302 g/mol. The van der Waals surface area contributed by atoms with E-state index in [1.165, 1.54) is 4.57 Å². The van der Waals surface area contributed by atoms with Crippen LogP contribution in [-0.2, 0) is 11.3 Å². The molecule has 0 amide bonds. The lowest BCUT2D eigenvalue weighted by atomic mass is 10.1. The van der Waals surface area contributed by atoms with Crippen LogP contribution in [0.15, 0.2) is 69.9 Å². The molecule has 0 N–H and O–H groups in total. The normalized spacial score (nSPS) is 10.6. The lowest BCUT2D eigenvalue weighted by Gasteiger charge is -2.06. The van der Waals surface area contributed by atoms with Gasteiger partial charge in [0, 0.05) is 11.1 Å². The highest BCUT2D eigenvalue weighted by atomic mass is 35.5. The molecule has 2 aromatic carbocycles. The molecule has 22 heavy (non-hydrogen) atoms. The van der Waals surface area contributed by atoms with Crippen molar-refractivity contribution in [2.75, 3.05) is 0 Å². The summed E-state index contributed by atoms with van der Waals surface area (Å²) in [7, 11) is 0. The van der Waals surface area contributed by atoms with Crippen molar-refractivity contribution in [2.45, 2.75) is 6.54 Å². The fourth-order valence-corrected chi connectivity index (χ4v) is 2.46. The molecule has 0 aliphatic rings. The number of hydrogen-bond acceptors (Lipinski definition) is 3. The number of carbonyl (C=O) groups is 1. The van der Waals surface area contributed by atoms with Gasteiger partial charge in [0.2, 0.25) is 5.24 Å². The van der Waals surface area contributed by atoms with Crippen molar-refractivity contribution in [3.63, 3.8) is 0 Å². The number of nitrogens with zero attached hydrogens (tertiary/aromatic N) is 1. The summed E-state index contributed by atoms with van der Waals surface area (Å²) in [5.41, 5.74) is 2.09. The van der Waals surface area contributed by atoms with Crippen molar-refractivity contribution < 1.29 is 9.21 Å². The van der Waals surface area contributed by atoms with Crippen molar-refractivity contribution in [3.8, 4) is 22.6 Å². The number of aromatic nitrogens is 1. The fraction of sp³-hybridized carbons (Fsp3) is 0.0588. The van der Waals surface area contributed by atoms with E-state index < -0.39 is 11.0 Å². The minimum Gasteiger partial charge on any atom is -0.407 e. The van der Waals surface area contributed by atoms with Gasteiger partial charge >= 0.3 is 5.76 Å². The van der Waals surface area contributed by atoms with Crippen LogP contribution in [0, 0.1) is 0 Å². The van der Waals surface area contributed by atoms with Crippen LogP contribution in [-0.4, -0.2) is 9.81 Å². The zero-order valence-electron chi connectivity index (χ0n) is 11.5. The number of rotatable bonds is 4. The van der Waals surface area contributed by atoms with Gasteiger partial charge in [-0.25, -0.2) is 4.79 Å². The van der Waals surface area contributed by atoms with Crippen LogP contribution in [0.4, 0.5) is 0 Å². The fourth-order valence-electron chi connectivity index (χ4n) is 2.34. The Morgan fingerprint density at radius 1 is 0.955 bits per heavy atom. The van der Waals surface area contributed by atoms with Gasteiger partial charge in [0.1, 0.15) is 6.54 Å². The zero-order valence-corrected chi connectivity index (χ0v) is 12.3. The highest BCUT2D eigenvalue weighted by Crippen LogP contribution is 2.31. The number of hydrogen-bond donors (Lipinski definition) is 0. The molecule has 0 aliphatic carbocycles. The van der Waals surface area contributed by atoms with E-state index in [-0.39, 0.29) is 6.54 Å². The van der Waals surface area contributed by atoms with Gasteiger partial charge in [0.15, 0.2) is 5.76 Å². The number of benzene rings is 2.